The number of anilines is 4. The predicted molar refractivity (Wildman–Crippen MR) is 130 cm³/mol. The molecule has 4 rings (SSSR count). The molecule has 3 aromatic rings. The first-order valence-electron chi connectivity index (χ1n) is 10.3. The number of nitrogens with zero attached hydrogens (tertiary/aromatic N) is 3. The van der Waals surface area contributed by atoms with Crippen molar-refractivity contribution in [1.82, 2.24) is 0 Å². The van der Waals surface area contributed by atoms with Gasteiger partial charge >= 0.3 is 0 Å². The minimum atomic E-state index is -4.87. The van der Waals surface area contributed by atoms with E-state index in [9.17, 15) is 22.6 Å². The summed E-state index contributed by atoms with van der Waals surface area (Å²) in [4.78, 5) is 28.9. The number of carbonyl (C=O) groups is 2. The summed E-state index contributed by atoms with van der Waals surface area (Å²) in [6.45, 7) is 3.38. The van der Waals surface area contributed by atoms with Gasteiger partial charge in [0, 0.05) is 33.0 Å². The highest BCUT2D eigenvalue weighted by Gasteiger charge is 2.36. The summed E-state index contributed by atoms with van der Waals surface area (Å²) in [5.74, 6) is -1.21. The Morgan fingerprint density at radius 3 is 2.17 bits per heavy atom. The first-order valence-corrected chi connectivity index (χ1v) is 11.7. The molecule has 1 aliphatic rings. The number of hydrogen-bond donors (Lipinski definition) is 4. The van der Waals surface area contributed by atoms with E-state index in [1.54, 1.807) is 32.0 Å². The Hall–Kier alpha value is -4.38. The van der Waals surface area contributed by atoms with Gasteiger partial charge in [-0.2, -0.15) is 8.42 Å². The Morgan fingerprint density at radius 2 is 1.60 bits per heavy atom. The Bertz CT molecular complexity index is 1610. The smallest absolute Gasteiger partial charge is 0.296 e. The molecule has 0 spiro atoms. The van der Waals surface area contributed by atoms with Gasteiger partial charge in [-0.1, -0.05) is 35.4 Å². The van der Waals surface area contributed by atoms with Crippen LogP contribution in [-0.2, 0) is 16.7 Å². The van der Waals surface area contributed by atoms with Crippen LogP contribution in [0.3, 0.4) is 0 Å². The zero-order valence-corrected chi connectivity index (χ0v) is 19.5. The van der Waals surface area contributed by atoms with Crippen molar-refractivity contribution in [3.05, 3.63) is 85.8 Å². The predicted octanol–water partition coefficient (Wildman–Crippen LogP) is 4.04. The fraction of sp³-hybridized carbons (Fsp3) is 0.130. The van der Waals surface area contributed by atoms with Gasteiger partial charge in [0.2, 0.25) is 0 Å². The standard InChI is InChI=1S/C23H20N6O5S/c1-10-7-11(2)21(14(19(10)24)9-27-29-26)28-15-8-16(35(32,33)34)20(25)18-17(15)22(30)12-5-3-4-6-13(12)23(18)31/h3-8,28H,9,24-25H2,1-2H3,(H,32,33,34). The summed E-state index contributed by atoms with van der Waals surface area (Å²) in [6, 6.07) is 8.84. The van der Waals surface area contributed by atoms with Crippen molar-refractivity contribution in [3.8, 4) is 0 Å². The molecule has 0 fully saturated rings. The molecule has 0 aliphatic heterocycles. The van der Waals surface area contributed by atoms with Crippen molar-refractivity contribution in [2.75, 3.05) is 16.8 Å². The zero-order valence-electron chi connectivity index (χ0n) is 18.7. The number of rotatable bonds is 5. The van der Waals surface area contributed by atoms with E-state index >= 15 is 0 Å². The molecule has 3 aromatic carbocycles. The van der Waals surface area contributed by atoms with Crippen LogP contribution in [0.25, 0.3) is 10.4 Å². The minimum absolute atomic E-state index is 0.0648. The van der Waals surface area contributed by atoms with Crippen LogP contribution >= 0.6 is 0 Å². The lowest BCUT2D eigenvalue weighted by Crippen LogP contribution is -2.25. The lowest BCUT2D eigenvalue weighted by molar-refractivity contribution is 0.0980. The average Bonchev–Trinajstić information content (AvgIpc) is 2.80. The molecule has 6 N–H and O–H groups in total. The first-order chi connectivity index (χ1) is 16.5. The number of aryl methyl sites for hydroxylation is 2. The van der Waals surface area contributed by atoms with Crippen LogP contribution in [0.4, 0.5) is 22.7 Å². The highest BCUT2D eigenvalue weighted by molar-refractivity contribution is 7.86. The summed E-state index contributed by atoms with van der Waals surface area (Å²) >= 11 is 0. The second-order valence-electron chi connectivity index (χ2n) is 8.06. The molecule has 0 heterocycles. The molecule has 0 bridgehead atoms. The number of benzene rings is 3. The van der Waals surface area contributed by atoms with Crippen molar-refractivity contribution in [3.63, 3.8) is 0 Å². The number of fused-ring (bicyclic) bond motifs is 2. The van der Waals surface area contributed by atoms with Crippen LogP contribution < -0.4 is 16.8 Å². The molecule has 0 saturated heterocycles. The van der Waals surface area contributed by atoms with Gasteiger partial charge in [-0.25, -0.2) is 0 Å². The molecule has 0 unspecified atom stereocenters. The molecular weight excluding hydrogens is 472 g/mol. The number of nitrogens with one attached hydrogen (secondary N) is 1. The monoisotopic (exact) mass is 492 g/mol. The molecule has 0 amide bonds. The third kappa shape index (κ3) is 3.85. The highest BCUT2D eigenvalue weighted by atomic mass is 32.2. The largest absolute Gasteiger partial charge is 0.398 e. The van der Waals surface area contributed by atoms with Gasteiger partial charge in [0.05, 0.1) is 29.0 Å². The Kier molecular flexibility index (Phi) is 5.73. The molecule has 35 heavy (non-hydrogen) atoms. The van der Waals surface area contributed by atoms with Crippen molar-refractivity contribution >= 4 is 44.4 Å². The van der Waals surface area contributed by atoms with Gasteiger partial charge < -0.3 is 16.8 Å². The van der Waals surface area contributed by atoms with Crippen LogP contribution in [-0.4, -0.2) is 24.5 Å². The normalized spacial score (nSPS) is 12.5. The van der Waals surface area contributed by atoms with Crippen LogP contribution in [0, 0.1) is 13.8 Å². The summed E-state index contributed by atoms with van der Waals surface area (Å²) in [6.07, 6.45) is 0. The van der Waals surface area contributed by atoms with Crippen molar-refractivity contribution < 1.29 is 22.6 Å². The van der Waals surface area contributed by atoms with E-state index in [0.29, 0.717) is 28.1 Å². The number of ketones is 2. The Morgan fingerprint density at radius 1 is 1.00 bits per heavy atom. The van der Waals surface area contributed by atoms with Crippen LogP contribution in [0.2, 0.25) is 0 Å². The summed E-state index contributed by atoms with van der Waals surface area (Å²) < 4.78 is 34.1. The van der Waals surface area contributed by atoms with Gasteiger partial charge in [-0.05, 0) is 36.6 Å². The second kappa shape index (κ2) is 8.44. The maximum Gasteiger partial charge on any atom is 0.296 e. The number of nitrogens with two attached hydrogens (primary N) is 2. The van der Waals surface area contributed by atoms with Crippen LogP contribution in [0.5, 0.6) is 0 Å². The van der Waals surface area contributed by atoms with Crippen LogP contribution in [0.15, 0.2) is 46.4 Å². The molecule has 11 nitrogen and oxygen atoms in total. The van der Waals surface area contributed by atoms with Gasteiger partial charge in [-0.15, -0.1) is 0 Å². The Balaban J connectivity index is 2.06. The van der Waals surface area contributed by atoms with E-state index in [4.69, 9.17) is 17.0 Å². The van der Waals surface area contributed by atoms with Crippen molar-refractivity contribution in [2.24, 2.45) is 5.11 Å². The summed E-state index contributed by atoms with van der Waals surface area (Å²) in [7, 11) is -4.87. The van der Waals surface area contributed by atoms with Crippen molar-refractivity contribution in [2.45, 2.75) is 25.3 Å². The van der Waals surface area contributed by atoms with E-state index in [0.717, 1.165) is 6.07 Å². The third-order valence-corrected chi connectivity index (χ3v) is 6.80. The summed E-state index contributed by atoms with van der Waals surface area (Å²) in [5.41, 5.74) is 22.6. The van der Waals surface area contributed by atoms with E-state index in [1.165, 1.54) is 12.1 Å². The molecule has 0 radical (unpaired) electrons. The maximum absolute atomic E-state index is 13.5. The number of nitrogen functional groups attached to an aromatic ring is 2. The lowest BCUT2D eigenvalue weighted by Gasteiger charge is -2.25. The average molecular weight is 493 g/mol. The fourth-order valence-corrected chi connectivity index (χ4v) is 4.91. The van der Waals surface area contributed by atoms with Gasteiger partial charge in [0.1, 0.15) is 4.90 Å². The Labute approximate surface area is 200 Å². The first kappa shape index (κ1) is 23.8. The minimum Gasteiger partial charge on any atom is -0.398 e. The van der Waals surface area contributed by atoms with E-state index in [-0.39, 0.29) is 34.5 Å². The van der Waals surface area contributed by atoms with Gasteiger partial charge in [0.25, 0.3) is 10.1 Å². The topological polar surface area (TPSA) is 201 Å². The number of azide groups is 1. The molecule has 0 saturated carbocycles. The molecule has 12 heteroatoms. The molecule has 0 atom stereocenters. The van der Waals surface area contributed by atoms with Gasteiger partial charge in [-0.3, -0.25) is 14.1 Å². The van der Waals surface area contributed by atoms with E-state index in [2.05, 4.69) is 15.3 Å². The third-order valence-electron chi connectivity index (χ3n) is 5.91. The lowest BCUT2D eigenvalue weighted by atomic mass is 9.82. The van der Waals surface area contributed by atoms with Gasteiger partial charge in [0.15, 0.2) is 11.6 Å². The van der Waals surface area contributed by atoms with Crippen molar-refractivity contribution in [1.29, 1.82) is 0 Å². The van der Waals surface area contributed by atoms with E-state index in [1.807, 2.05) is 0 Å². The maximum atomic E-state index is 13.5. The number of carbonyl (C=O) groups excluding carboxylic acids is 2. The number of hydrogen-bond acceptors (Lipinski definition) is 8. The molecule has 0 aromatic heterocycles. The highest BCUT2D eigenvalue weighted by Crippen LogP contribution is 2.41. The summed E-state index contributed by atoms with van der Waals surface area (Å²) in [5, 5.41) is 6.59. The fourth-order valence-electron chi connectivity index (χ4n) is 4.27. The second-order valence-corrected chi connectivity index (χ2v) is 9.45. The molecule has 178 valence electrons. The van der Waals surface area contributed by atoms with E-state index < -0.39 is 32.3 Å². The van der Waals surface area contributed by atoms with Crippen LogP contribution in [0.1, 0.15) is 48.5 Å². The SMILES string of the molecule is Cc1cc(C)c(Nc2cc(S(=O)(=O)O)c(N)c3c2C(=O)c2ccccc2C3=O)c(CN=[N+]=[N-])c1N. The quantitative estimate of drug-likeness (QED) is 0.105. The molecule has 1 aliphatic carbocycles. The zero-order chi connectivity index (χ0) is 25.7. The molecular formula is C23H20N6O5S.